The van der Waals surface area contributed by atoms with Crippen molar-refractivity contribution in [1.29, 1.82) is 0 Å². The molecule has 1 aromatic carbocycles. The molecule has 0 aliphatic carbocycles. The minimum Gasteiger partial charge on any atom is -0.478 e. The molecule has 8 nitrogen and oxygen atoms in total. The molecule has 1 amide bonds. The van der Waals surface area contributed by atoms with Gasteiger partial charge in [-0.3, -0.25) is 4.79 Å². The van der Waals surface area contributed by atoms with E-state index in [0.717, 1.165) is 17.1 Å². The van der Waals surface area contributed by atoms with Gasteiger partial charge in [0, 0.05) is 26.1 Å². The minimum absolute atomic E-state index is 0.158. The number of aromatic carboxylic acids is 1. The molecule has 0 spiro atoms. The summed E-state index contributed by atoms with van der Waals surface area (Å²) >= 11 is 7.50. The standard InChI is InChI=1S/C22H25ClN4O4S/c1-3-12-10-16(24-19(12)23)20(28)25-14-8-9-27(11-17(14)31-4-2)22-26-15-7-5-6-13(21(29)30)18(15)32-22/h5-7,14,17H,3-4,8-11H2,1-2H3,(H,25,28)(H,29,30)/t14-,17+/m1/s1. The molecule has 2 aliphatic rings. The minimum atomic E-state index is -0.963. The maximum Gasteiger partial charge on any atom is 0.337 e. The summed E-state index contributed by atoms with van der Waals surface area (Å²) in [5, 5.41) is 13.7. The van der Waals surface area contributed by atoms with E-state index < -0.39 is 5.97 Å². The van der Waals surface area contributed by atoms with Gasteiger partial charge >= 0.3 is 5.97 Å². The fourth-order valence-corrected chi connectivity index (χ4v) is 5.45. The molecule has 10 heteroatoms. The average molecular weight is 477 g/mol. The van der Waals surface area contributed by atoms with E-state index in [1.165, 1.54) is 11.3 Å². The second-order valence-electron chi connectivity index (χ2n) is 7.75. The number of aliphatic imine (C=N–C) groups is 1. The Morgan fingerprint density at radius 1 is 1.38 bits per heavy atom. The van der Waals surface area contributed by atoms with Gasteiger partial charge in [0.25, 0.3) is 5.91 Å². The Balaban J connectivity index is 1.47. The van der Waals surface area contributed by atoms with E-state index in [2.05, 4.69) is 20.2 Å². The highest BCUT2D eigenvalue weighted by atomic mass is 35.5. The van der Waals surface area contributed by atoms with Crippen molar-refractivity contribution >= 4 is 55.9 Å². The number of fused-ring (bicyclic) bond motifs is 1. The number of aromatic nitrogens is 1. The van der Waals surface area contributed by atoms with Crippen LogP contribution in [0.5, 0.6) is 0 Å². The Morgan fingerprint density at radius 2 is 2.19 bits per heavy atom. The van der Waals surface area contributed by atoms with Gasteiger partial charge in [0.15, 0.2) is 5.13 Å². The van der Waals surface area contributed by atoms with Gasteiger partial charge in [-0.25, -0.2) is 14.8 Å². The molecule has 2 atom stereocenters. The average Bonchev–Trinajstić information content (AvgIpc) is 3.38. The van der Waals surface area contributed by atoms with E-state index in [1.807, 2.05) is 19.9 Å². The summed E-state index contributed by atoms with van der Waals surface area (Å²) < 4.78 is 6.62. The Morgan fingerprint density at radius 3 is 2.88 bits per heavy atom. The highest BCUT2D eigenvalue weighted by Crippen LogP contribution is 2.33. The zero-order chi connectivity index (χ0) is 22.8. The van der Waals surface area contributed by atoms with Crippen LogP contribution in [0.25, 0.3) is 10.2 Å². The maximum absolute atomic E-state index is 12.8. The zero-order valence-corrected chi connectivity index (χ0v) is 19.5. The van der Waals surface area contributed by atoms with E-state index in [-0.39, 0.29) is 23.6 Å². The number of nitrogens with zero attached hydrogens (tertiary/aromatic N) is 3. The number of carbonyl (C=O) groups is 2. The van der Waals surface area contributed by atoms with E-state index in [9.17, 15) is 14.7 Å². The van der Waals surface area contributed by atoms with Crippen molar-refractivity contribution in [2.24, 2.45) is 4.99 Å². The summed E-state index contributed by atoms with van der Waals surface area (Å²) in [5.74, 6) is -1.17. The predicted octanol–water partition coefficient (Wildman–Crippen LogP) is 3.80. The number of allylic oxidation sites excluding steroid dienone is 1. The largest absolute Gasteiger partial charge is 0.478 e. The lowest BCUT2D eigenvalue weighted by Gasteiger charge is -2.38. The lowest BCUT2D eigenvalue weighted by molar-refractivity contribution is -0.117. The molecular formula is C22H25ClN4O4S. The monoisotopic (exact) mass is 476 g/mol. The number of amides is 1. The van der Waals surface area contributed by atoms with Crippen molar-refractivity contribution in [3.63, 3.8) is 0 Å². The second kappa shape index (κ2) is 9.56. The van der Waals surface area contributed by atoms with E-state index in [1.54, 1.807) is 12.1 Å². The quantitative estimate of drug-likeness (QED) is 0.589. The van der Waals surface area contributed by atoms with Gasteiger partial charge in [-0.15, -0.1) is 0 Å². The SMILES string of the molecule is CCO[C@H]1CN(c2nc3cccc(C(=O)O)c3s2)CC[C@H]1NC(=O)C1=NC(Cl)=C(CC)C1. The van der Waals surface area contributed by atoms with Crippen LogP contribution in [-0.4, -0.2) is 59.5 Å². The van der Waals surface area contributed by atoms with Gasteiger partial charge in [-0.2, -0.15) is 0 Å². The van der Waals surface area contributed by atoms with Crippen LogP contribution in [0.15, 0.2) is 33.9 Å². The second-order valence-corrected chi connectivity index (χ2v) is 9.08. The Labute approximate surface area is 194 Å². The molecule has 2 N–H and O–H groups in total. The third-order valence-corrected chi connectivity index (χ3v) is 7.27. The van der Waals surface area contributed by atoms with E-state index in [4.69, 9.17) is 16.3 Å². The zero-order valence-electron chi connectivity index (χ0n) is 17.9. The molecular weight excluding hydrogens is 452 g/mol. The normalized spacial score (nSPS) is 21.2. The first kappa shape index (κ1) is 22.7. The highest BCUT2D eigenvalue weighted by molar-refractivity contribution is 7.22. The number of carbonyl (C=O) groups excluding carboxylic acids is 1. The first-order valence-corrected chi connectivity index (χ1v) is 11.9. The summed E-state index contributed by atoms with van der Waals surface area (Å²) in [7, 11) is 0. The van der Waals surface area contributed by atoms with Crippen molar-refractivity contribution < 1.29 is 19.4 Å². The number of piperidine rings is 1. The van der Waals surface area contributed by atoms with Gasteiger partial charge in [0.1, 0.15) is 10.9 Å². The highest BCUT2D eigenvalue weighted by Gasteiger charge is 2.34. The fraction of sp³-hybridized carbons (Fsp3) is 0.455. The van der Waals surface area contributed by atoms with E-state index >= 15 is 0 Å². The summed E-state index contributed by atoms with van der Waals surface area (Å²) in [6, 6.07) is 4.96. The van der Waals surface area contributed by atoms with Crippen molar-refractivity contribution in [3.05, 3.63) is 34.5 Å². The van der Waals surface area contributed by atoms with Gasteiger partial charge in [0.05, 0.1) is 27.9 Å². The summed E-state index contributed by atoms with van der Waals surface area (Å²) in [6.45, 7) is 5.65. The van der Waals surface area contributed by atoms with Crippen LogP contribution < -0.4 is 10.2 Å². The smallest absolute Gasteiger partial charge is 0.337 e. The molecule has 1 fully saturated rings. The fourth-order valence-electron chi connectivity index (χ4n) is 4.05. The number of rotatable bonds is 7. The lowest BCUT2D eigenvalue weighted by Crippen LogP contribution is -2.56. The molecule has 1 saturated heterocycles. The number of carboxylic acids is 1. The molecule has 0 radical (unpaired) electrons. The van der Waals surface area contributed by atoms with Crippen LogP contribution in [-0.2, 0) is 9.53 Å². The molecule has 1 aromatic heterocycles. The number of ether oxygens (including phenoxy) is 1. The number of halogens is 1. The van der Waals surface area contributed by atoms with Crippen molar-refractivity contribution in [2.75, 3.05) is 24.6 Å². The van der Waals surface area contributed by atoms with Gasteiger partial charge in [-0.1, -0.05) is 35.9 Å². The number of benzene rings is 1. The van der Waals surface area contributed by atoms with Gasteiger partial charge in [0.2, 0.25) is 0 Å². The van der Waals surface area contributed by atoms with Crippen LogP contribution in [0.4, 0.5) is 5.13 Å². The Kier molecular flexibility index (Phi) is 6.78. The maximum atomic E-state index is 12.8. The van der Waals surface area contributed by atoms with Crippen molar-refractivity contribution in [1.82, 2.24) is 10.3 Å². The first-order valence-electron chi connectivity index (χ1n) is 10.7. The molecule has 3 heterocycles. The molecule has 0 bridgehead atoms. The Bertz CT molecular complexity index is 1110. The van der Waals surface area contributed by atoms with Crippen LogP contribution in [0.2, 0.25) is 0 Å². The summed E-state index contributed by atoms with van der Waals surface area (Å²) in [5.41, 5.74) is 2.34. The van der Waals surface area contributed by atoms with Crippen molar-refractivity contribution in [2.45, 2.75) is 45.3 Å². The molecule has 0 unspecified atom stereocenters. The third kappa shape index (κ3) is 4.51. The predicted molar refractivity (Wildman–Crippen MR) is 126 cm³/mol. The number of thiazole rings is 1. The van der Waals surface area contributed by atoms with Crippen molar-refractivity contribution in [3.8, 4) is 0 Å². The van der Waals surface area contributed by atoms with Crippen LogP contribution in [0.3, 0.4) is 0 Å². The summed E-state index contributed by atoms with van der Waals surface area (Å²) in [4.78, 5) is 35.3. The van der Waals surface area contributed by atoms with Gasteiger partial charge in [-0.05, 0) is 37.5 Å². The van der Waals surface area contributed by atoms with Crippen LogP contribution >= 0.6 is 22.9 Å². The lowest BCUT2D eigenvalue weighted by atomic mass is 10.0. The molecule has 170 valence electrons. The van der Waals surface area contributed by atoms with Crippen LogP contribution in [0.1, 0.15) is 43.5 Å². The topological polar surface area (TPSA) is 104 Å². The number of carboxylic acid groups (broad SMARTS) is 1. The third-order valence-electron chi connectivity index (χ3n) is 5.76. The molecule has 2 aromatic rings. The number of anilines is 1. The number of nitrogens with one attached hydrogen (secondary N) is 1. The van der Waals surface area contributed by atoms with Crippen LogP contribution in [0, 0.1) is 0 Å². The molecule has 4 rings (SSSR count). The Hall–Kier alpha value is -2.49. The molecule has 32 heavy (non-hydrogen) atoms. The van der Waals surface area contributed by atoms with E-state index in [0.29, 0.717) is 53.6 Å². The molecule has 2 aliphatic heterocycles. The van der Waals surface area contributed by atoms with Gasteiger partial charge < -0.3 is 20.1 Å². The first-order chi connectivity index (χ1) is 15.4. The summed E-state index contributed by atoms with van der Waals surface area (Å²) in [6.07, 6.45) is 1.70. The number of hydrogen-bond acceptors (Lipinski definition) is 7. The molecule has 0 saturated carbocycles. The number of hydrogen-bond donors (Lipinski definition) is 2.